The fourth-order valence-electron chi connectivity index (χ4n) is 1.65. The highest BCUT2D eigenvalue weighted by Crippen LogP contribution is 2.22. The molecule has 4 heteroatoms. The van der Waals surface area contributed by atoms with Crippen LogP contribution in [0.5, 0.6) is 0 Å². The van der Waals surface area contributed by atoms with Gasteiger partial charge in [0.05, 0.1) is 0 Å². The second kappa shape index (κ2) is 5.60. The van der Waals surface area contributed by atoms with Crippen molar-refractivity contribution in [3.63, 3.8) is 0 Å². The van der Waals surface area contributed by atoms with Gasteiger partial charge in [0.15, 0.2) is 5.11 Å². The summed E-state index contributed by atoms with van der Waals surface area (Å²) in [6.45, 7) is 3.82. The van der Waals surface area contributed by atoms with E-state index in [1.165, 1.54) is 5.39 Å². The van der Waals surface area contributed by atoms with Crippen LogP contribution in [0.1, 0.15) is 13.8 Å². The van der Waals surface area contributed by atoms with Crippen LogP contribution in [0, 0.1) is 0 Å². The zero-order chi connectivity index (χ0) is 13.0. The number of hydrogen-bond donors (Lipinski definition) is 2. The molecule has 0 amide bonds. The third kappa shape index (κ3) is 3.05. The molecule has 2 aromatic rings. The molecule has 0 aliphatic heterocycles. The van der Waals surface area contributed by atoms with Crippen LogP contribution in [0.15, 0.2) is 47.6 Å². The Morgan fingerprint density at radius 1 is 1.06 bits per heavy atom. The van der Waals surface area contributed by atoms with Crippen LogP contribution in [0.4, 0.5) is 5.69 Å². The molecule has 2 rings (SSSR count). The lowest BCUT2D eigenvalue weighted by Gasteiger charge is -2.10. The van der Waals surface area contributed by atoms with Crippen molar-refractivity contribution >= 4 is 39.5 Å². The molecule has 0 spiro atoms. The lowest BCUT2D eigenvalue weighted by atomic mass is 10.1. The summed E-state index contributed by atoms with van der Waals surface area (Å²) in [6.07, 6.45) is 0. The van der Waals surface area contributed by atoms with Gasteiger partial charge in [0.25, 0.3) is 0 Å². The van der Waals surface area contributed by atoms with Crippen LogP contribution in [0.3, 0.4) is 0 Å². The maximum absolute atomic E-state index is 5.19. The molecule has 0 heterocycles. The van der Waals surface area contributed by atoms with E-state index in [0.29, 0.717) is 5.11 Å². The SMILES string of the molecule is CC(C)=NNC(=S)Nc1cccc2ccccc12. The Morgan fingerprint density at radius 2 is 1.78 bits per heavy atom. The van der Waals surface area contributed by atoms with E-state index in [1.54, 1.807) is 0 Å². The van der Waals surface area contributed by atoms with Gasteiger partial charge in [0.2, 0.25) is 0 Å². The first kappa shape index (κ1) is 12.5. The zero-order valence-electron chi connectivity index (χ0n) is 10.4. The molecule has 0 unspecified atom stereocenters. The molecule has 0 aromatic heterocycles. The predicted molar refractivity (Wildman–Crippen MR) is 82.1 cm³/mol. The molecular weight excluding hydrogens is 242 g/mol. The van der Waals surface area contributed by atoms with Crippen LogP contribution in [-0.4, -0.2) is 10.8 Å². The lowest BCUT2D eigenvalue weighted by Crippen LogP contribution is -2.24. The van der Waals surface area contributed by atoms with Gasteiger partial charge >= 0.3 is 0 Å². The Hall–Kier alpha value is -1.94. The Balaban J connectivity index is 2.22. The van der Waals surface area contributed by atoms with Gasteiger partial charge in [-0.3, -0.25) is 5.43 Å². The Labute approximate surface area is 112 Å². The highest BCUT2D eigenvalue weighted by atomic mass is 32.1. The minimum atomic E-state index is 0.493. The number of benzene rings is 2. The summed E-state index contributed by atoms with van der Waals surface area (Å²) in [5, 5.41) is 10.0. The highest BCUT2D eigenvalue weighted by Gasteiger charge is 2.01. The Kier molecular flexibility index (Phi) is 3.89. The van der Waals surface area contributed by atoms with Crippen molar-refractivity contribution < 1.29 is 0 Å². The molecule has 2 aromatic carbocycles. The van der Waals surface area contributed by atoms with Crippen LogP contribution in [0.25, 0.3) is 10.8 Å². The van der Waals surface area contributed by atoms with Gasteiger partial charge < -0.3 is 5.32 Å². The number of anilines is 1. The van der Waals surface area contributed by atoms with E-state index in [0.717, 1.165) is 16.8 Å². The first-order valence-electron chi connectivity index (χ1n) is 5.72. The minimum absolute atomic E-state index is 0.493. The molecule has 0 fully saturated rings. The largest absolute Gasteiger partial charge is 0.331 e. The molecule has 0 saturated heterocycles. The molecule has 0 radical (unpaired) electrons. The zero-order valence-corrected chi connectivity index (χ0v) is 11.2. The van der Waals surface area contributed by atoms with Gasteiger partial charge in [-0.25, -0.2) is 0 Å². The molecule has 18 heavy (non-hydrogen) atoms. The second-order valence-corrected chi connectivity index (χ2v) is 4.56. The van der Waals surface area contributed by atoms with Gasteiger partial charge in [-0.1, -0.05) is 36.4 Å². The number of thiocarbonyl (C=S) groups is 1. The van der Waals surface area contributed by atoms with Crippen molar-refractivity contribution in [2.24, 2.45) is 5.10 Å². The first-order valence-corrected chi connectivity index (χ1v) is 6.13. The Morgan fingerprint density at radius 3 is 2.56 bits per heavy atom. The van der Waals surface area contributed by atoms with Gasteiger partial charge in [-0.2, -0.15) is 5.10 Å². The monoisotopic (exact) mass is 257 g/mol. The number of fused-ring (bicyclic) bond motifs is 1. The molecule has 0 aliphatic rings. The van der Waals surface area contributed by atoms with Crippen molar-refractivity contribution in [3.05, 3.63) is 42.5 Å². The molecule has 92 valence electrons. The molecule has 0 atom stereocenters. The normalized spacial score (nSPS) is 9.89. The lowest BCUT2D eigenvalue weighted by molar-refractivity contribution is 1.03. The fraction of sp³-hybridized carbons (Fsp3) is 0.143. The molecule has 2 N–H and O–H groups in total. The van der Waals surface area contributed by atoms with Crippen LogP contribution in [0.2, 0.25) is 0 Å². The smallest absolute Gasteiger partial charge is 0.191 e. The minimum Gasteiger partial charge on any atom is -0.331 e. The average Bonchev–Trinajstić information content (AvgIpc) is 2.37. The summed E-state index contributed by atoms with van der Waals surface area (Å²) in [5.74, 6) is 0. The third-order valence-electron chi connectivity index (χ3n) is 2.42. The molecular formula is C14H15N3S. The van der Waals surface area contributed by atoms with E-state index < -0.39 is 0 Å². The van der Waals surface area contributed by atoms with E-state index in [4.69, 9.17) is 12.2 Å². The predicted octanol–water partition coefficient (Wildman–Crippen LogP) is 3.52. The maximum atomic E-state index is 5.19. The van der Waals surface area contributed by atoms with E-state index in [-0.39, 0.29) is 0 Å². The number of hydrogen-bond acceptors (Lipinski definition) is 2. The number of hydrazone groups is 1. The van der Waals surface area contributed by atoms with Crippen molar-refractivity contribution in [2.75, 3.05) is 5.32 Å². The first-order chi connectivity index (χ1) is 8.66. The average molecular weight is 257 g/mol. The van der Waals surface area contributed by atoms with Crippen LogP contribution >= 0.6 is 12.2 Å². The quantitative estimate of drug-likeness (QED) is 0.491. The summed E-state index contributed by atoms with van der Waals surface area (Å²) >= 11 is 5.19. The van der Waals surface area contributed by atoms with Crippen molar-refractivity contribution in [1.82, 2.24) is 5.43 Å². The van der Waals surface area contributed by atoms with E-state index in [1.807, 2.05) is 38.1 Å². The van der Waals surface area contributed by atoms with Gasteiger partial charge in [0, 0.05) is 16.8 Å². The number of rotatable bonds is 2. The van der Waals surface area contributed by atoms with Gasteiger partial charge in [0.1, 0.15) is 0 Å². The number of nitrogens with zero attached hydrogens (tertiary/aromatic N) is 1. The van der Waals surface area contributed by atoms with Crippen molar-refractivity contribution in [2.45, 2.75) is 13.8 Å². The second-order valence-electron chi connectivity index (χ2n) is 4.15. The third-order valence-corrected chi connectivity index (χ3v) is 2.61. The standard InChI is InChI=1S/C14H15N3S/c1-10(2)16-17-14(18)15-13-9-5-7-11-6-3-4-8-12(11)13/h3-9H,1-2H3,(H2,15,17,18). The topological polar surface area (TPSA) is 36.4 Å². The molecule has 0 aliphatic carbocycles. The summed E-state index contributed by atoms with van der Waals surface area (Å²) in [4.78, 5) is 0. The molecule has 0 bridgehead atoms. The molecule has 0 saturated carbocycles. The van der Waals surface area contributed by atoms with E-state index in [2.05, 4.69) is 34.0 Å². The summed E-state index contributed by atoms with van der Waals surface area (Å²) in [7, 11) is 0. The van der Waals surface area contributed by atoms with E-state index >= 15 is 0 Å². The van der Waals surface area contributed by atoms with Crippen molar-refractivity contribution in [1.29, 1.82) is 0 Å². The Bertz CT molecular complexity index is 596. The van der Waals surface area contributed by atoms with Gasteiger partial charge in [-0.15, -0.1) is 0 Å². The molecule has 3 nitrogen and oxygen atoms in total. The van der Waals surface area contributed by atoms with Crippen LogP contribution < -0.4 is 10.7 Å². The number of nitrogens with one attached hydrogen (secondary N) is 2. The summed E-state index contributed by atoms with van der Waals surface area (Å²) < 4.78 is 0. The summed E-state index contributed by atoms with van der Waals surface area (Å²) in [6, 6.07) is 14.2. The fourth-order valence-corrected chi connectivity index (χ4v) is 1.80. The van der Waals surface area contributed by atoms with E-state index in [9.17, 15) is 0 Å². The highest BCUT2D eigenvalue weighted by molar-refractivity contribution is 7.80. The van der Waals surface area contributed by atoms with Crippen molar-refractivity contribution in [3.8, 4) is 0 Å². The van der Waals surface area contributed by atoms with Crippen LogP contribution in [-0.2, 0) is 0 Å². The summed E-state index contributed by atoms with van der Waals surface area (Å²) in [5.41, 5.74) is 4.71. The maximum Gasteiger partial charge on any atom is 0.191 e. The van der Waals surface area contributed by atoms with Gasteiger partial charge in [-0.05, 0) is 37.5 Å².